The van der Waals surface area contributed by atoms with Gasteiger partial charge < -0.3 is 14.8 Å². The molecular weight excluding hydrogens is 393 g/mol. The minimum atomic E-state index is 0.320. The Kier molecular flexibility index (Phi) is 7.07. The van der Waals surface area contributed by atoms with Crippen LogP contribution in [0.3, 0.4) is 0 Å². The maximum Gasteiger partial charge on any atom is 0.180 e. The molecule has 0 aliphatic rings. The van der Waals surface area contributed by atoms with Crippen molar-refractivity contribution in [2.75, 3.05) is 11.9 Å². The van der Waals surface area contributed by atoms with E-state index in [1.165, 1.54) is 5.56 Å². The number of ether oxygens (including phenoxy) is 2. The number of benzene rings is 3. The van der Waals surface area contributed by atoms with Crippen molar-refractivity contribution in [2.24, 2.45) is 0 Å². The van der Waals surface area contributed by atoms with Gasteiger partial charge in [-0.3, -0.25) is 0 Å². The lowest BCUT2D eigenvalue weighted by Gasteiger charge is -2.16. The van der Waals surface area contributed by atoms with E-state index in [0.29, 0.717) is 41.3 Å². The Morgan fingerprint density at radius 3 is 2.46 bits per heavy atom. The van der Waals surface area contributed by atoms with Gasteiger partial charge in [0.2, 0.25) is 0 Å². The van der Waals surface area contributed by atoms with Gasteiger partial charge in [0.1, 0.15) is 6.61 Å². The molecule has 28 heavy (non-hydrogen) atoms. The lowest BCUT2D eigenvalue weighted by molar-refractivity contribution is 0.269. The molecule has 0 amide bonds. The molecule has 3 rings (SSSR count). The fraction of sp³-hybridized carbons (Fsp3) is 0.217. The molecule has 0 spiro atoms. The summed E-state index contributed by atoms with van der Waals surface area (Å²) in [5.41, 5.74) is 4.18. The first-order valence-electron chi connectivity index (χ1n) is 9.18. The normalized spacial score (nSPS) is 10.6. The first-order chi connectivity index (χ1) is 13.6. The molecule has 0 atom stereocenters. The van der Waals surface area contributed by atoms with Crippen molar-refractivity contribution in [1.82, 2.24) is 0 Å². The van der Waals surface area contributed by atoms with Crippen molar-refractivity contribution < 1.29 is 9.47 Å². The molecule has 0 saturated heterocycles. The predicted octanol–water partition coefficient (Wildman–Crippen LogP) is 6.89. The highest BCUT2D eigenvalue weighted by Crippen LogP contribution is 2.37. The summed E-state index contributed by atoms with van der Waals surface area (Å²) in [6.45, 7) is 5.48. The van der Waals surface area contributed by atoms with Gasteiger partial charge in [-0.1, -0.05) is 53.5 Å². The highest BCUT2D eigenvalue weighted by Gasteiger charge is 2.14. The molecule has 0 unspecified atom stereocenters. The van der Waals surface area contributed by atoms with E-state index >= 15 is 0 Å². The van der Waals surface area contributed by atoms with Gasteiger partial charge in [0, 0.05) is 22.8 Å². The summed E-state index contributed by atoms with van der Waals surface area (Å²) in [7, 11) is 0. The smallest absolute Gasteiger partial charge is 0.180 e. The average Bonchev–Trinajstić information content (AvgIpc) is 2.67. The minimum absolute atomic E-state index is 0.320. The molecule has 3 aromatic carbocycles. The Labute approximate surface area is 176 Å². The van der Waals surface area contributed by atoms with Crippen LogP contribution in [0.15, 0.2) is 60.7 Å². The predicted molar refractivity (Wildman–Crippen MR) is 117 cm³/mol. The van der Waals surface area contributed by atoms with Crippen molar-refractivity contribution in [3.05, 3.63) is 87.4 Å². The second-order valence-electron chi connectivity index (χ2n) is 6.44. The van der Waals surface area contributed by atoms with Crippen molar-refractivity contribution in [3.63, 3.8) is 0 Å². The molecule has 0 radical (unpaired) electrons. The van der Waals surface area contributed by atoms with Crippen LogP contribution in [0.5, 0.6) is 11.5 Å². The van der Waals surface area contributed by atoms with E-state index in [2.05, 4.69) is 24.4 Å². The molecule has 0 bridgehead atoms. The summed E-state index contributed by atoms with van der Waals surface area (Å²) in [5.74, 6) is 1.16. The van der Waals surface area contributed by atoms with E-state index in [9.17, 15) is 0 Å². The van der Waals surface area contributed by atoms with E-state index in [-0.39, 0.29) is 0 Å². The maximum absolute atomic E-state index is 6.52. The zero-order valence-electron chi connectivity index (χ0n) is 16.0. The highest BCUT2D eigenvalue weighted by atomic mass is 35.5. The summed E-state index contributed by atoms with van der Waals surface area (Å²) in [6, 6.07) is 19.7. The maximum atomic E-state index is 6.52. The number of nitrogens with one attached hydrogen (secondary N) is 1. The molecule has 3 aromatic rings. The van der Waals surface area contributed by atoms with Gasteiger partial charge in [0.15, 0.2) is 11.5 Å². The molecular formula is C23H23Cl2NO2. The lowest BCUT2D eigenvalue weighted by Crippen LogP contribution is -2.04. The molecule has 0 saturated carbocycles. The van der Waals surface area contributed by atoms with Crippen LogP contribution in [0.25, 0.3) is 0 Å². The van der Waals surface area contributed by atoms with Crippen LogP contribution in [-0.2, 0) is 13.2 Å². The van der Waals surface area contributed by atoms with Crippen LogP contribution in [0.1, 0.15) is 23.6 Å². The third-order valence-corrected chi connectivity index (χ3v) is 4.86. The molecule has 1 N–H and O–H groups in total. The Balaban J connectivity index is 1.76. The number of aryl methyl sites for hydroxylation is 1. The van der Waals surface area contributed by atoms with Gasteiger partial charge >= 0.3 is 0 Å². The number of anilines is 1. The number of rotatable bonds is 8. The van der Waals surface area contributed by atoms with Gasteiger partial charge in [-0.05, 0) is 55.3 Å². The quantitative estimate of drug-likeness (QED) is 0.434. The fourth-order valence-electron chi connectivity index (χ4n) is 2.85. The van der Waals surface area contributed by atoms with E-state index in [0.717, 1.165) is 16.8 Å². The second-order valence-corrected chi connectivity index (χ2v) is 7.26. The summed E-state index contributed by atoms with van der Waals surface area (Å²) >= 11 is 12.7. The van der Waals surface area contributed by atoms with Crippen LogP contribution < -0.4 is 14.8 Å². The minimum Gasteiger partial charge on any atom is -0.490 e. The Morgan fingerprint density at radius 1 is 0.893 bits per heavy atom. The summed E-state index contributed by atoms with van der Waals surface area (Å²) in [5, 5.41) is 4.59. The van der Waals surface area contributed by atoms with Crippen molar-refractivity contribution >= 4 is 28.9 Å². The molecule has 0 heterocycles. The first kappa shape index (κ1) is 20.4. The average molecular weight is 416 g/mol. The van der Waals surface area contributed by atoms with Gasteiger partial charge in [0.05, 0.1) is 11.6 Å². The zero-order chi connectivity index (χ0) is 19.9. The Bertz CT molecular complexity index is 944. The summed E-state index contributed by atoms with van der Waals surface area (Å²) in [6.07, 6.45) is 0. The largest absolute Gasteiger partial charge is 0.490 e. The number of hydrogen-bond acceptors (Lipinski definition) is 3. The molecule has 0 fully saturated rings. The summed E-state index contributed by atoms with van der Waals surface area (Å²) in [4.78, 5) is 0. The van der Waals surface area contributed by atoms with Crippen LogP contribution in [0.2, 0.25) is 10.0 Å². The molecule has 0 aliphatic carbocycles. The van der Waals surface area contributed by atoms with E-state index < -0.39 is 0 Å². The Morgan fingerprint density at radius 2 is 1.71 bits per heavy atom. The second kappa shape index (κ2) is 9.72. The van der Waals surface area contributed by atoms with Crippen molar-refractivity contribution in [1.29, 1.82) is 0 Å². The lowest BCUT2D eigenvalue weighted by atomic mass is 10.1. The number of hydrogen-bond donors (Lipinski definition) is 1. The topological polar surface area (TPSA) is 30.5 Å². The van der Waals surface area contributed by atoms with Crippen LogP contribution in [-0.4, -0.2) is 6.61 Å². The molecule has 146 valence electrons. The third kappa shape index (κ3) is 5.34. The zero-order valence-corrected chi connectivity index (χ0v) is 17.5. The van der Waals surface area contributed by atoms with Crippen LogP contribution >= 0.6 is 23.2 Å². The van der Waals surface area contributed by atoms with Gasteiger partial charge in [-0.15, -0.1) is 0 Å². The van der Waals surface area contributed by atoms with E-state index in [1.807, 2.05) is 55.5 Å². The monoisotopic (exact) mass is 415 g/mol. The van der Waals surface area contributed by atoms with Crippen LogP contribution in [0, 0.1) is 6.92 Å². The SMILES string of the molecule is CCOc1cc(CNc2cccc(C)c2)cc(Cl)c1OCc1ccccc1Cl. The van der Waals surface area contributed by atoms with Crippen LogP contribution in [0.4, 0.5) is 5.69 Å². The van der Waals surface area contributed by atoms with Crippen molar-refractivity contribution in [3.8, 4) is 11.5 Å². The van der Waals surface area contributed by atoms with Gasteiger partial charge in [-0.25, -0.2) is 0 Å². The molecule has 0 aromatic heterocycles. The molecule has 5 heteroatoms. The van der Waals surface area contributed by atoms with E-state index in [1.54, 1.807) is 0 Å². The summed E-state index contributed by atoms with van der Waals surface area (Å²) < 4.78 is 11.7. The number of halogens is 2. The first-order valence-corrected chi connectivity index (χ1v) is 9.94. The highest BCUT2D eigenvalue weighted by molar-refractivity contribution is 6.32. The van der Waals surface area contributed by atoms with Crippen molar-refractivity contribution in [2.45, 2.75) is 27.0 Å². The van der Waals surface area contributed by atoms with E-state index in [4.69, 9.17) is 32.7 Å². The standard InChI is InChI=1S/C23H23Cl2NO2/c1-3-27-22-13-17(14-26-19-9-6-7-16(2)11-19)12-21(25)23(22)28-15-18-8-4-5-10-20(18)24/h4-13,26H,3,14-15H2,1-2H3. The molecule has 0 aliphatic heterocycles. The van der Waals surface area contributed by atoms with Gasteiger partial charge in [0.25, 0.3) is 0 Å². The fourth-order valence-corrected chi connectivity index (χ4v) is 3.33. The van der Waals surface area contributed by atoms with Gasteiger partial charge in [-0.2, -0.15) is 0 Å². The third-order valence-electron chi connectivity index (χ3n) is 4.21. The Hall–Kier alpha value is -2.36. The molecule has 3 nitrogen and oxygen atoms in total.